The lowest BCUT2D eigenvalue weighted by atomic mass is 10.0. The first-order chi connectivity index (χ1) is 14.0. The van der Waals surface area contributed by atoms with E-state index in [1.54, 1.807) is 13.2 Å². The van der Waals surface area contributed by atoms with E-state index in [2.05, 4.69) is 31.9 Å². The number of rotatable bonds is 4. The van der Waals surface area contributed by atoms with Gasteiger partial charge < -0.3 is 4.74 Å². The van der Waals surface area contributed by atoms with E-state index >= 15 is 0 Å². The Morgan fingerprint density at radius 3 is 2.45 bits per heavy atom. The van der Waals surface area contributed by atoms with Crippen molar-refractivity contribution < 1.29 is 14.3 Å². The molecule has 1 heterocycles. The number of amides is 2. The van der Waals surface area contributed by atoms with E-state index in [9.17, 15) is 9.59 Å². The maximum Gasteiger partial charge on any atom is 0.293 e. The number of fused-ring (bicyclic) bond motifs is 1. The van der Waals surface area contributed by atoms with E-state index in [4.69, 9.17) is 4.74 Å². The number of imide groups is 1. The van der Waals surface area contributed by atoms with Crippen LogP contribution in [0.2, 0.25) is 0 Å². The van der Waals surface area contributed by atoms with E-state index in [0.717, 1.165) is 42.6 Å². The molecule has 4 rings (SSSR count). The van der Waals surface area contributed by atoms with Gasteiger partial charge in [0.2, 0.25) is 0 Å². The Morgan fingerprint density at radius 1 is 1.03 bits per heavy atom. The van der Waals surface area contributed by atoms with Crippen LogP contribution in [0.15, 0.2) is 68.4 Å². The number of carbonyl (C=O) groups excluding carboxylic acids is 2. The number of methoxy groups -OCH3 is 1. The second kappa shape index (κ2) is 8.34. The molecule has 29 heavy (non-hydrogen) atoms. The van der Waals surface area contributed by atoms with Crippen LogP contribution in [-0.2, 0) is 11.3 Å². The average molecular weight is 533 g/mol. The zero-order chi connectivity index (χ0) is 20.5. The van der Waals surface area contributed by atoms with Crippen molar-refractivity contribution in [1.29, 1.82) is 0 Å². The first kappa shape index (κ1) is 20.2. The summed E-state index contributed by atoms with van der Waals surface area (Å²) >= 11 is 7.88. The zero-order valence-corrected chi connectivity index (χ0v) is 19.3. The minimum absolute atomic E-state index is 0.249. The molecule has 0 saturated carbocycles. The Labute approximate surface area is 189 Å². The average Bonchev–Trinajstić information content (AvgIpc) is 2.95. The number of hydrogen-bond donors (Lipinski definition) is 0. The number of nitrogens with zero attached hydrogens (tertiary/aromatic N) is 1. The van der Waals surface area contributed by atoms with Crippen molar-refractivity contribution in [2.75, 3.05) is 7.11 Å². The Hall–Kier alpha value is -2.09. The molecule has 0 aromatic heterocycles. The highest BCUT2D eigenvalue weighted by atomic mass is 79.9. The summed E-state index contributed by atoms with van der Waals surface area (Å²) in [6, 6.07) is 17.6. The van der Waals surface area contributed by atoms with E-state index in [1.807, 2.05) is 54.6 Å². The van der Waals surface area contributed by atoms with Gasteiger partial charge in [0, 0.05) is 0 Å². The second-order valence-corrected chi connectivity index (χ2v) is 9.13. The molecular formula is C22H15Br2NO3S. The first-order valence-corrected chi connectivity index (χ1v) is 11.1. The number of halogens is 2. The van der Waals surface area contributed by atoms with Crippen molar-refractivity contribution in [1.82, 2.24) is 4.90 Å². The molecule has 146 valence electrons. The lowest BCUT2D eigenvalue weighted by Crippen LogP contribution is -2.27. The highest BCUT2D eigenvalue weighted by molar-refractivity contribution is 9.11. The molecule has 0 aliphatic carbocycles. The number of thioether (sulfide) groups is 1. The maximum absolute atomic E-state index is 12.9. The molecule has 0 bridgehead atoms. The van der Waals surface area contributed by atoms with Crippen molar-refractivity contribution in [2.24, 2.45) is 0 Å². The normalized spacial score (nSPS) is 15.6. The molecule has 1 aliphatic rings. The monoisotopic (exact) mass is 531 g/mol. The maximum atomic E-state index is 12.9. The molecule has 2 amide bonds. The van der Waals surface area contributed by atoms with Gasteiger partial charge in [0.05, 0.1) is 27.5 Å². The Morgan fingerprint density at radius 2 is 1.72 bits per heavy atom. The summed E-state index contributed by atoms with van der Waals surface area (Å²) in [6.45, 7) is 0.249. The van der Waals surface area contributed by atoms with Crippen LogP contribution in [0, 0.1) is 0 Å². The Balaban J connectivity index is 1.63. The molecule has 1 fully saturated rings. The van der Waals surface area contributed by atoms with Crippen LogP contribution in [0.3, 0.4) is 0 Å². The molecule has 1 saturated heterocycles. The molecule has 4 nitrogen and oxygen atoms in total. The number of carbonyl (C=O) groups is 2. The van der Waals surface area contributed by atoms with E-state index in [1.165, 1.54) is 4.90 Å². The van der Waals surface area contributed by atoms with E-state index in [0.29, 0.717) is 10.7 Å². The molecule has 1 aliphatic heterocycles. The summed E-state index contributed by atoms with van der Waals surface area (Å²) in [5.74, 6) is 0.391. The number of ether oxygens (including phenoxy) is 1. The van der Waals surface area contributed by atoms with Crippen LogP contribution in [0.5, 0.6) is 5.75 Å². The van der Waals surface area contributed by atoms with E-state index < -0.39 is 0 Å². The first-order valence-electron chi connectivity index (χ1n) is 8.73. The standard InChI is InChI=1S/C22H15Br2NO3S/c1-28-20-17(23)9-13(10-18(20)24)11-19-21(26)25(22(27)29-19)12-15-7-4-6-14-5-2-3-8-16(14)15/h2-11H,12H2,1H3/b19-11+. The van der Waals surface area contributed by atoms with Crippen LogP contribution in [0.1, 0.15) is 11.1 Å². The lowest BCUT2D eigenvalue weighted by molar-refractivity contribution is -0.123. The zero-order valence-electron chi connectivity index (χ0n) is 15.3. The molecule has 0 N–H and O–H groups in total. The third kappa shape index (κ3) is 3.99. The molecule has 0 spiro atoms. The van der Waals surface area contributed by atoms with Crippen LogP contribution < -0.4 is 4.74 Å². The summed E-state index contributed by atoms with van der Waals surface area (Å²) in [6.07, 6.45) is 1.73. The highest BCUT2D eigenvalue weighted by Gasteiger charge is 2.35. The molecule has 0 atom stereocenters. The van der Waals surface area contributed by atoms with Crippen molar-refractivity contribution in [3.63, 3.8) is 0 Å². The smallest absolute Gasteiger partial charge is 0.293 e. The largest absolute Gasteiger partial charge is 0.494 e. The van der Waals surface area contributed by atoms with Gasteiger partial charge in [-0.05, 0) is 83.7 Å². The van der Waals surface area contributed by atoms with Gasteiger partial charge in [0.1, 0.15) is 5.75 Å². The number of benzene rings is 3. The van der Waals surface area contributed by atoms with Gasteiger partial charge in [-0.15, -0.1) is 0 Å². The molecule has 7 heteroatoms. The minimum atomic E-state index is -0.281. The number of hydrogen-bond acceptors (Lipinski definition) is 4. The fourth-order valence-electron chi connectivity index (χ4n) is 3.25. The third-order valence-electron chi connectivity index (χ3n) is 4.60. The van der Waals surface area contributed by atoms with Crippen molar-refractivity contribution in [3.05, 3.63) is 79.6 Å². The minimum Gasteiger partial charge on any atom is -0.494 e. The van der Waals surface area contributed by atoms with Gasteiger partial charge in [-0.2, -0.15) is 0 Å². The SMILES string of the molecule is COc1c(Br)cc(/C=C2/SC(=O)N(Cc3cccc4ccccc34)C2=O)cc1Br. The Bertz CT molecular complexity index is 1150. The predicted molar refractivity (Wildman–Crippen MR) is 124 cm³/mol. The van der Waals surface area contributed by atoms with E-state index in [-0.39, 0.29) is 17.7 Å². The fraction of sp³-hybridized carbons (Fsp3) is 0.0909. The van der Waals surface area contributed by atoms with Crippen molar-refractivity contribution >= 4 is 71.6 Å². The van der Waals surface area contributed by atoms with Crippen molar-refractivity contribution in [3.8, 4) is 5.75 Å². The molecule has 3 aromatic carbocycles. The van der Waals surface area contributed by atoms with Gasteiger partial charge in [0.25, 0.3) is 11.1 Å². The molecule has 0 unspecified atom stereocenters. The fourth-order valence-corrected chi connectivity index (χ4v) is 5.63. The summed E-state index contributed by atoms with van der Waals surface area (Å²) in [7, 11) is 1.59. The molecule has 0 radical (unpaired) electrons. The van der Waals surface area contributed by atoms with Crippen LogP contribution >= 0.6 is 43.6 Å². The Kier molecular flexibility index (Phi) is 5.81. The highest BCUT2D eigenvalue weighted by Crippen LogP contribution is 2.38. The summed E-state index contributed by atoms with van der Waals surface area (Å²) < 4.78 is 6.83. The van der Waals surface area contributed by atoms with Gasteiger partial charge in [0.15, 0.2) is 0 Å². The van der Waals surface area contributed by atoms with Crippen LogP contribution in [0.25, 0.3) is 16.8 Å². The van der Waals surface area contributed by atoms with Gasteiger partial charge >= 0.3 is 0 Å². The molecule has 3 aromatic rings. The predicted octanol–water partition coefficient (Wildman–Crippen LogP) is 6.61. The molecular weight excluding hydrogens is 518 g/mol. The van der Waals surface area contributed by atoms with Gasteiger partial charge in [-0.25, -0.2) is 0 Å². The van der Waals surface area contributed by atoms with Crippen LogP contribution in [-0.4, -0.2) is 23.2 Å². The quantitative estimate of drug-likeness (QED) is 0.355. The van der Waals surface area contributed by atoms with Crippen LogP contribution in [0.4, 0.5) is 4.79 Å². The summed E-state index contributed by atoms with van der Waals surface area (Å²) in [4.78, 5) is 27.2. The lowest BCUT2D eigenvalue weighted by Gasteiger charge is -2.14. The summed E-state index contributed by atoms with van der Waals surface area (Å²) in [5.41, 5.74) is 1.74. The van der Waals surface area contributed by atoms with Gasteiger partial charge in [-0.3, -0.25) is 14.5 Å². The van der Waals surface area contributed by atoms with Crippen molar-refractivity contribution in [2.45, 2.75) is 6.54 Å². The van der Waals surface area contributed by atoms with Gasteiger partial charge in [-0.1, -0.05) is 42.5 Å². The topological polar surface area (TPSA) is 46.6 Å². The summed E-state index contributed by atoms with van der Waals surface area (Å²) in [5, 5.41) is 1.86. The third-order valence-corrected chi connectivity index (χ3v) is 6.69. The second-order valence-electron chi connectivity index (χ2n) is 6.42.